The number of hydrogen-bond acceptors (Lipinski definition) is 2. The third-order valence-corrected chi connectivity index (χ3v) is 4.37. The molecule has 0 unspecified atom stereocenters. The Bertz CT molecular complexity index is 516. The Morgan fingerprint density at radius 1 is 1.40 bits per heavy atom. The number of anilines is 1. The molecule has 1 heterocycles. The van der Waals surface area contributed by atoms with E-state index in [0.29, 0.717) is 11.8 Å². The highest BCUT2D eigenvalue weighted by Crippen LogP contribution is 2.45. The van der Waals surface area contributed by atoms with Crippen LogP contribution in [0.1, 0.15) is 68.4 Å². The van der Waals surface area contributed by atoms with Crippen LogP contribution in [-0.2, 0) is 0 Å². The van der Waals surface area contributed by atoms with Crippen molar-refractivity contribution < 1.29 is 4.79 Å². The molecule has 2 rings (SSSR count). The first-order valence-corrected chi connectivity index (χ1v) is 7.63. The highest BCUT2D eigenvalue weighted by Gasteiger charge is 2.37. The van der Waals surface area contributed by atoms with E-state index in [1.54, 1.807) is 0 Å². The predicted octanol–water partition coefficient (Wildman–Crippen LogP) is 4.56. The van der Waals surface area contributed by atoms with Crippen LogP contribution in [0.2, 0.25) is 0 Å². The summed E-state index contributed by atoms with van der Waals surface area (Å²) in [5, 5.41) is 0. The Balaban J connectivity index is 2.60. The van der Waals surface area contributed by atoms with Gasteiger partial charge in [-0.3, -0.25) is 4.79 Å². The molecule has 20 heavy (non-hydrogen) atoms. The number of aryl methyl sites for hydroxylation is 1. The van der Waals surface area contributed by atoms with Crippen LogP contribution in [0.5, 0.6) is 0 Å². The number of carbonyl (C=O) groups excluding carboxylic acids is 1. The molecule has 110 valence electrons. The van der Waals surface area contributed by atoms with Crippen LogP contribution in [0.15, 0.2) is 12.1 Å². The maximum absolute atomic E-state index is 11.1. The summed E-state index contributed by atoms with van der Waals surface area (Å²) in [6.45, 7) is 14.7. The molecule has 2 heteroatoms. The van der Waals surface area contributed by atoms with E-state index in [1.807, 2.05) is 6.07 Å². The fourth-order valence-electron chi connectivity index (χ4n) is 3.62. The quantitative estimate of drug-likeness (QED) is 0.753. The van der Waals surface area contributed by atoms with Gasteiger partial charge in [-0.1, -0.05) is 20.8 Å². The van der Waals surface area contributed by atoms with E-state index < -0.39 is 0 Å². The highest BCUT2D eigenvalue weighted by molar-refractivity contribution is 5.79. The zero-order valence-electron chi connectivity index (χ0n) is 13.7. The van der Waals surface area contributed by atoms with Crippen LogP contribution in [-0.4, -0.2) is 18.4 Å². The number of carbonyl (C=O) groups is 1. The molecule has 0 saturated carbocycles. The average Bonchev–Trinajstić information content (AvgIpc) is 2.33. The first-order chi connectivity index (χ1) is 9.26. The maximum atomic E-state index is 11.1. The largest absolute Gasteiger partial charge is 0.366 e. The van der Waals surface area contributed by atoms with Crippen LogP contribution < -0.4 is 4.90 Å². The number of nitrogens with zero attached hydrogens (tertiary/aromatic N) is 1. The minimum absolute atomic E-state index is 0.171. The second-order valence-corrected chi connectivity index (χ2v) is 7.32. The third-order valence-electron chi connectivity index (χ3n) is 4.37. The second kappa shape index (κ2) is 5.23. The second-order valence-electron chi connectivity index (χ2n) is 7.32. The van der Waals surface area contributed by atoms with E-state index in [2.05, 4.69) is 52.5 Å². The van der Waals surface area contributed by atoms with Gasteiger partial charge in [-0.15, -0.1) is 0 Å². The van der Waals surface area contributed by atoms with Gasteiger partial charge in [-0.25, -0.2) is 0 Å². The Morgan fingerprint density at radius 3 is 2.60 bits per heavy atom. The van der Waals surface area contributed by atoms with E-state index in [9.17, 15) is 4.79 Å². The fraction of sp³-hybridized carbons (Fsp3) is 0.611. The van der Waals surface area contributed by atoms with Gasteiger partial charge in [0.1, 0.15) is 6.29 Å². The topological polar surface area (TPSA) is 20.3 Å². The van der Waals surface area contributed by atoms with Crippen LogP contribution in [0.4, 0.5) is 5.69 Å². The van der Waals surface area contributed by atoms with Crippen molar-refractivity contribution in [3.8, 4) is 0 Å². The molecule has 1 aliphatic heterocycles. The van der Waals surface area contributed by atoms with Gasteiger partial charge in [0.2, 0.25) is 0 Å². The summed E-state index contributed by atoms with van der Waals surface area (Å²) < 4.78 is 0. The number of fused-ring (bicyclic) bond motifs is 1. The molecule has 0 fully saturated rings. The average molecular weight is 273 g/mol. The standard InChI is InChI=1S/C18H27NO/c1-12(2)10-19-17-13(3)7-15(11-20)8-16(17)14(4)9-18(19,5)6/h7-8,11-12,14H,9-10H2,1-6H3/t14-/m1/s1. The molecule has 1 atom stereocenters. The molecule has 0 amide bonds. The first kappa shape index (κ1) is 15.1. The van der Waals surface area contributed by atoms with Crippen molar-refractivity contribution in [1.29, 1.82) is 0 Å². The van der Waals surface area contributed by atoms with Crippen LogP contribution in [0, 0.1) is 12.8 Å². The molecule has 0 aromatic heterocycles. The van der Waals surface area contributed by atoms with Crippen LogP contribution >= 0.6 is 0 Å². The Morgan fingerprint density at radius 2 is 2.05 bits per heavy atom. The Kier molecular flexibility index (Phi) is 3.95. The fourth-order valence-corrected chi connectivity index (χ4v) is 3.62. The zero-order valence-corrected chi connectivity index (χ0v) is 13.7. The number of benzene rings is 1. The van der Waals surface area contributed by atoms with Gasteiger partial charge < -0.3 is 4.90 Å². The highest BCUT2D eigenvalue weighted by atomic mass is 16.1. The Hall–Kier alpha value is -1.31. The van der Waals surface area contributed by atoms with Gasteiger partial charge in [0.25, 0.3) is 0 Å². The van der Waals surface area contributed by atoms with E-state index in [-0.39, 0.29) is 5.54 Å². The van der Waals surface area contributed by atoms with E-state index in [4.69, 9.17) is 0 Å². The maximum Gasteiger partial charge on any atom is 0.150 e. The molecule has 0 aliphatic carbocycles. The lowest BCUT2D eigenvalue weighted by Gasteiger charge is -2.49. The molecule has 0 radical (unpaired) electrons. The van der Waals surface area contributed by atoms with Crippen molar-refractivity contribution in [2.24, 2.45) is 5.92 Å². The van der Waals surface area contributed by atoms with Crippen molar-refractivity contribution >= 4 is 12.0 Å². The molecule has 0 saturated heterocycles. The van der Waals surface area contributed by atoms with Crippen molar-refractivity contribution in [2.75, 3.05) is 11.4 Å². The van der Waals surface area contributed by atoms with Crippen molar-refractivity contribution in [1.82, 2.24) is 0 Å². The smallest absolute Gasteiger partial charge is 0.150 e. The summed E-state index contributed by atoms with van der Waals surface area (Å²) in [6, 6.07) is 4.11. The lowest BCUT2D eigenvalue weighted by molar-refractivity contribution is 0.112. The van der Waals surface area contributed by atoms with Gasteiger partial charge in [0, 0.05) is 23.3 Å². The first-order valence-electron chi connectivity index (χ1n) is 7.63. The summed E-state index contributed by atoms with van der Waals surface area (Å²) in [7, 11) is 0. The molecule has 0 bridgehead atoms. The van der Waals surface area contributed by atoms with E-state index >= 15 is 0 Å². The minimum atomic E-state index is 0.171. The number of hydrogen-bond donors (Lipinski definition) is 0. The zero-order chi connectivity index (χ0) is 15.1. The number of rotatable bonds is 3. The summed E-state index contributed by atoms with van der Waals surface area (Å²) in [4.78, 5) is 13.7. The van der Waals surface area contributed by atoms with Crippen molar-refractivity contribution in [3.05, 3.63) is 28.8 Å². The number of aldehydes is 1. The summed E-state index contributed by atoms with van der Waals surface area (Å²) in [6.07, 6.45) is 2.10. The van der Waals surface area contributed by atoms with Crippen molar-refractivity contribution in [3.63, 3.8) is 0 Å². The van der Waals surface area contributed by atoms with E-state index in [1.165, 1.54) is 16.8 Å². The lowest BCUT2D eigenvalue weighted by Crippen LogP contribution is -2.50. The van der Waals surface area contributed by atoms with Gasteiger partial charge in [0.15, 0.2) is 0 Å². The Labute approximate surface area is 123 Å². The molecule has 2 nitrogen and oxygen atoms in total. The normalized spacial score (nSPS) is 20.9. The summed E-state index contributed by atoms with van der Waals surface area (Å²) in [5.41, 5.74) is 4.90. The molecular formula is C18H27NO. The molecule has 1 aromatic rings. The molecule has 1 aliphatic rings. The molecule has 0 N–H and O–H groups in total. The molecule has 1 aromatic carbocycles. The summed E-state index contributed by atoms with van der Waals surface area (Å²) >= 11 is 0. The van der Waals surface area contributed by atoms with Crippen LogP contribution in [0.25, 0.3) is 0 Å². The van der Waals surface area contributed by atoms with Gasteiger partial charge in [-0.2, -0.15) is 0 Å². The predicted molar refractivity (Wildman–Crippen MR) is 85.9 cm³/mol. The lowest BCUT2D eigenvalue weighted by atomic mass is 9.78. The third kappa shape index (κ3) is 2.61. The van der Waals surface area contributed by atoms with Gasteiger partial charge in [0.05, 0.1) is 0 Å². The van der Waals surface area contributed by atoms with Crippen LogP contribution in [0.3, 0.4) is 0 Å². The van der Waals surface area contributed by atoms with E-state index in [0.717, 1.165) is 24.8 Å². The molecular weight excluding hydrogens is 246 g/mol. The van der Waals surface area contributed by atoms with Crippen molar-refractivity contribution in [2.45, 2.75) is 59.4 Å². The van der Waals surface area contributed by atoms with Gasteiger partial charge >= 0.3 is 0 Å². The van der Waals surface area contributed by atoms with Gasteiger partial charge in [-0.05, 0) is 62.3 Å². The minimum Gasteiger partial charge on any atom is -0.366 e. The summed E-state index contributed by atoms with van der Waals surface area (Å²) in [5.74, 6) is 1.13. The monoisotopic (exact) mass is 273 g/mol. The SMILES string of the molecule is Cc1cc(C=O)cc2c1N(CC(C)C)C(C)(C)C[C@H]2C. The molecule has 0 spiro atoms.